The van der Waals surface area contributed by atoms with E-state index in [0.29, 0.717) is 19.6 Å². The monoisotopic (exact) mass is 283 g/mol. The van der Waals surface area contributed by atoms with E-state index in [2.05, 4.69) is 5.32 Å². The van der Waals surface area contributed by atoms with Gasteiger partial charge in [0.05, 0.1) is 6.54 Å². The zero-order chi connectivity index (χ0) is 14.8. The van der Waals surface area contributed by atoms with Crippen LogP contribution in [-0.4, -0.2) is 66.2 Å². The second kappa shape index (κ2) is 5.99. The van der Waals surface area contributed by atoms with Crippen molar-refractivity contribution >= 4 is 12.0 Å². The quantitative estimate of drug-likeness (QED) is 0.774. The standard InChI is InChI=1S/C14H25N3O3/c1-14(2,3)20-13(19)16-7-4-11(5-8-16)17-9-6-15-10-12(17)18/h11,15H,4-10H2,1-3H3. The number of piperidine rings is 1. The minimum atomic E-state index is -0.456. The lowest BCUT2D eigenvalue weighted by Crippen LogP contribution is -2.55. The maximum atomic E-state index is 12.0. The lowest BCUT2D eigenvalue weighted by atomic mass is 10.0. The molecule has 6 nitrogen and oxygen atoms in total. The molecule has 2 amide bonds. The van der Waals surface area contributed by atoms with Gasteiger partial charge in [0.1, 0.15) is 5.60 Å². The van der Waals surface area contributed by atoms with Crippen molar-refractivity contribution in [3.8, 4) is 0 Å². The van der Waals surface area contributed by atoms with Crippen LogP contribution in [0.5, 0.6) is 0 Å². The molecule has 0 spiro atoms. The third-order valence-electron chi connectivity index (χ3n) is 3.68. The van der Waals surface area contributed by atoms with E-state index in [4.69, 9.17) is 4.74 Å². The zero-order valence-corrected chi connectivity index (χ0v) is 12.6. The second-order valence-electron chi connectivity index (χ2n) is 6.46. The molecule has 2 rings (SSSR count). The molecule has 0 aromatic carbocycles. The Morgan fingerprint density at radius 3 is 2.45 bits per heavy atom. The Balaban J connectivity index is 1.83. The number of carbonyl (C=O) groups excluding carboxylic acids is 2. The first-order valence-electron chi connectivity index (χ1n) is 7.35. The molecule has 2 aliphatic heterocycles. The Labute approximate surface area is 120 Å². The van der Waals surface area contributed by atoms with Gasteiger partial charge in [-0.1, -0.05) is 0 Å². The van der Waals surface area contributed by atoms with E-state index in [1.807, 2.05) is 25.7 Å². The molecule has 114 valence electrons. The lowest BCUT2D eigenvalue weighted by molar-refractivity contribution is -0.135. The molecule has 20 heavy (non-hydrogen) atoms. The van der Waals surface area contributed by atoms with Crippen LogP contribution in [0.15, 0.2) is 0 Å². The van der Waals surface area contributed by atoms with Crippen LogP contribution in [-0.2, 0) is 9.53 Å². The fourth-order valence-corrected chi connectivity index (χ4v) is 2.69. The van der Waals surface area contributed by atoms with Crippen molar-refractivity contribution in [1.82, 2.24) is 15.1 Å². The van der Waals surface area contributed by atoms with Gasteiger partial charge in [0.25, 0.3) is 0 Å². The highest BCUT2D eigenvalue weighted by atomic mass is 16.6. The van der Waals surface area contributed by atoms with Crippen molar-refractivity contribution in [3.63, 3.8) is 0 Å². The number of hydrogen-bond donors (Lipinski definition) is 1. The summed E-state index contributed by atoms with van der Waals surface area (Å²) in [5.41, 5.74) is -0.456. The van der Waals surface area contributed by atoms with Gasteiger partial charge in [0, 0.05) is 32.2 Å². The number of rotatable bonds is 1. The Hall–Kier alpha value is -1.30. The number of hydrogen-bond acceptors (Lipinski definition) is 4. The van der Waals surface area contributed by atoms with Gasteiger partial charge in [-0.25, -0.2) is 4.79 Å². The number of amides is 2. The van der Waals surface area contributed by atoms with Crippen molar-refractivity contribution in [2.24, 2.45) is 0 Å². The molecule has 0 aliphatic carbocycles. The van der Waals surface area contributed by atoms with Gasteiger partial charge < -0.3 is 19.9 Å². The molecule has 2 heterocycles. The first kappa shape index (κ1) is 15.1. The highest BCUT2D eigenvalue weighted by Crippen LogP contribution is 2.19. The highest BCUT2D eigenvalue weighted by Gasteiger charge is 2.32. The van der Waals surface area contributed by atoms with Gasteiger partial charge in [-0.2, -0.15) is 0 Å². The summed E-state index contributed by atoms with van der Waals surface area (Å²) in [6.07, 6.45) is 1.43. The topological polar surface area (TPSA) is 61.9 Å². The summed E-state index contributed by atoms with van der Waals surface area (Å²) in [6.45, 7) is 9.01. The smallest absolute Gasteiger partial charge is 0.410 e. The van der Waals surface area contributed by atoms with Gasteiger partial charge in [-0.3, -0.25) is 4.79 Å². The molecule has 2 saturated heterocycles. The van der Waals surface area contributed by atoms with Crippen LogP contribution in [0.25, 0.3) is 0 Å². The number of nitrogens with one attached hydrogen (secondary N) is 1. The third kappa shape index (κ3) is 3.85. The van der Waals surface area contributed by atoms with E-state index >= 15 is 0 Å². The molecule has 2 aliphatic rings. The van der Waals surface area contributed by atoms with Crippen LogP contribution in [0.4, 0.5) is 4.79 Å². The molecule has 1 N–H and O–H groups in total. The average molecular weight is 283 g/mol. The molecule has 0 unspecified atom stereocenters. The summed E-state index contributed by atoms with van der Waals surface area (Å²) >= 11 is 0. The second-order valence-corrected chi connectivity index (χ2v) is 6.46. The van der Waals surface area contributed by atoms with Crippen molar-refractivity contribution in [3.05, 3.63) is 0 Å². The normalized spacial score (nSPS) is 22.1. The molecule has 0 bridgehead atoms. The molecule has 0 aromatic rings. The van der Waals surface area contributed by atoms with Gasteiger partial charge >= 0.3 is 6.09 Å². The lowest BCUT2D eigenvalue weighted by Gasteiger charge is -2.40. The minimum Gasteiger partial charge on any atom is -0.444 e. The number of piperazine rings is 1. The molecule has 0 atom stereocenters. The Kier molecular flexibility index (Phi) is 4.52. The van der Waals surface area contributed by atoms with E-state index in [0.717, 1.165) is 25.9 Å². The van der Waals surface area contributed by atoms with Crippen LogP contribution in [0.2, 0.25) is 0 Å². The predicted molar refractivity (Wildman–Crippen MR) is 75.4 cm³/mol. The fourth-order valence-electron chi connectivity index (χ4n) is 2.69. The summed E-state index contributed by atoms with van der Waals surface area (Å²) in [6, 6.07) is 0.267. The van der Waals surface area contributed by atoms with E-state index < -0.39 is 5.60 Å². The molecule has 0 aromatic heterocycles. The maximum Gasteiger partial charge on any atom is 0.410 e. The number of nitrogens with zero attached hydrogens (tertiary/aromatic N) is 2. The van der Waals surface area contributed by atoms with Crippen LogP contribution >= 0.6 is 0 Å². The molecule has 0 saturated carbocycles. The minimum absolute atomic E-state index is 0.173. The summed E-state index contributed by atoms with van der Waals surface area (Å²) in [5.74, 6) is 0.173. The zero-order valence-electron chi connectivity index (χ0n) is 12.6. The van der Waals surface area contributed by atoms with Gasteiger partial charge in [-0.15, -0.1) is 0 Å². The highest BCUT2D eigenvalue weighted by molar-refractivity contribution is 5.79. The van der Waals surface area contributed by atoms with Crippen molar-refractivity contribution in [2.75, 3.05) is 32.7 Å². The Morgan fingerprint density at radius 1 is 1.25 bits per heavy atom. The van der Waals surface area contributed by atoms with E-state index in [1.165, 1.54) is 0 Å². The van der Waals surface area contributed by atoms with Gasteiger partial charge in [0.15, 0.2) is 0 Å². The van der Waals surface area contributed by atoms with E-state index in [9.17, 15) is 9.59 Å². The first-order chi connectivity index (χ1) is 9.37. The number of carbonyl (C=O) groups is 2. The summed E-state index contributed by atoms with van der Waals surface area (Å²) in [4.78, 5) is 27.5. The molecular weight excluding hydrogens is 258 g/mol. The number of likely N-dealkylation sites (tertiary alicyclic amines) is 1. The first-order valence-corrected chi connectivity index (χ1v) is 7.35. The third-order valence-corrected chi connectivity index (χ3v) is 3.68. The Morgan fingerprint density at radius 2 is 1.90 bits per heavy atom. The average Bonchev–Trinajstić information content (AvgIpc) is 2.37. The van der Waals surface area contributed by atoms with Crippen molar-refractivity contribution in [1.29, 1.82) is 0 Å². The predicted octanol–water partition coefficient (Wildman–Crippen LogP) is 0.818. The SMILES string of the molecule is CC(C)(C)OC(=O)N1CCC(N2CCNCC2=O)CC1. The summed E-state index contributed by atoms with van der Waals surface area (Å²) in [7, 11) is 0. The number of ether oxygens (including phenoxy) is 1. The van der Waals surface area contributed by atoms with Gasteiger partial charge in [-0.05, 0) is 33.6 Å². The largest absolute Gasteiger partial charge is 0.444 e. The molecule has 6 heteroatoms. The summed E-state index contributed by atoms with van der Waals surface area (Å²) in [5, 5.41) is 3.08. The molecular formula is C14H25N3O3. The van der Waals surface area contributed by atoms with E-state index in [-0.39, 0.29) is 18.0 Å². The van der Waals surface area contributed by atoms with Crippen LogP contribution in [0.1, 0.15) is 33.6 Å². The maximum absolute atomic E-state index is 12.0. The fraction of sp³-hybridized carbons (Fsp3) is 0.857. The van der Waals surface area contributed by atoms with Gasteiger partial charge in [0.2, 0.25) is 5.91 Å². The Bertz CT molecular complexity index is 370. The van der Waals surface area contributed by atoms with Crippen LogP contribution < -0.4 is 5.32 Å². The van der Waals surface area contributed by atoms with Crippen LogP contribution in [0, 0.1) is 0 Å². The van der Waals surface area contributed by atoms with E-state index in [1.54, 1.807) is 4.90 Å². The van der Waals surface area contributed by atoms with Crippen molar-refractivity contribution < 1.29 is 14.3 Å². The van der Waals surface area contributed by atoms with Crippen LogP contribution in [0.3, 0.4) is 0 Å². The molecule has 0 radical (unpaired) electrons. The van der Waals surface area contributed by atoms with Crippen molar-refractivity contribution in [2.45, 2.75) is 45.3 Å². The summed E-state index contributed by atoms with van der Waals surface area (Å²) < 4.78 is 5.38. The molecule has 2 fully saturated rings.